The summed E-state index contributed by atoms with van der Waals surface area (Å²) < 4.78 is 51.7. The van der Waals surface area contributed by atoms with E-state index >= 15 is 0 Å². The van der Waals surface area contributed by atoms with Gasteiger partial charge >= 0.3 is 6.18 Å². The molecule has 1 spiro atoms. The molecule has 0 radical (unpaired) electrons. The Morgan fingerprint density at radius 1 is 1.26 bits per heavy atom. The molecule has 12 heteroatoms. The maximum absolute atomic E-state index is 12.5. The van der Waals surface area contributed by atoms with Crippen LogP contribution in [-0.4, -0.2) is 44.2 Å². The Balaban J connectivity index is 1.41. The number of nitrogens with one attached hydrogen (secondary N) is 1. The summed E-state index contributed by atoms with van der Waals surface area (Å²) in [6.45, 7) is -0.669. The fourth-order valence-corrected chi connectivity index (χ4v) is 4.67. The molecule has 3 heterocycles. The number of rotatable bonds is 6. The second-order valence-corrected chi connectivity index (χ2v) is 9.35. The van der Waals surface area contributed by atoms with Crippen LogP contribution in [0.5, 0.6) is 5.75 Å². The number of hydrogen-bond acceptors (Lipinski definition) is 6. The van der Waals surface area contributed by atoms with E-state index in [1.165, 1.54) is 12.2 Å². The lowest BCUT2D eigenvalue weighted by Gasteiger charge is -2.25. The van der Waals surface area contributed by atoms with Crippen LogP contribution in [0.1, 0.15) is 31.5 Å². The number of aryl methyl sites for hydroxylation is 1. The summed E-state index contributed by atoms with van der Waals surface area (Å²) >= 11 is 5.96. The first-order valence-electron chi connectivity index (χ1n) is 11.9. The Kier molecular flexibility index (Phi) is 7.08. The third-order valence-electron chi connectivity index (χ3n) is 6.27. The van der Waals surface area contributed by atoms with E-state index in [0.717, 1.165) is 36.5 Å². The average molecular weight is 545 g/mol. The van der Waals surface area contributed by atoms with E-state index in [0.29, 0.717) is 29.8 Å². The fourth-order valence-electron chi connectivity index (χ4n) is 4.52. The molecule has 3 aromatic rings. The molecule has 198 valence electrons. The maximum Gasteiger partial charge on any atom is 0.422 e. The monoisotopic (exact) mass is 544 g/mol. The van der Waals surface area contributed by atoms with Crippen molar-refractivity contribution in [1.29, 1.82) is 0 Å². The van der Waals surface area contributed by atoms with Crippen molar-refractivity contribution >= 4 is 23.2 Å². The van der Waals surface area contributed by atoms with Crippen molar-refractivity contribution in [2.45, 2.75) is 43.8 Å². The van der Waals surface area contributed by atoms with E-state index in [9.17, 15) is 13.2 Å². The standard InChI is InChI=1S/C26H24ClF3N6O2/c1-37-21-14-18(8-9-20(21)35-15-22(27)31-17-35)32-24-33-23-25(10-2-3-13-36(23)34-24)11-4-6-19(7-5-12-25)38-16-26(28,29)30/h4,6-9,14-15,17H,2-3,10-11,13,16H2,1H3,(H,32,34). The second-order valence-electron chi connectivity index (χ2n) is 8.96. The van der Waals surface area contributed by atoms with Crippen molar-refractivity contribution in [3.05, 3.63) is 65.7 Å². The normalized spacial score (nSPS) is 18.9. The number of aromatic nitrogens is 5. The number of allylic oxidation sites excluding steroid dienone is 3. The topological polar surface area (TPSA) is 79.0 Å². The lowest BCUT2D eigenvalue weighted by molar-refractivity contribution is -0.163. The lowest BCUT2D eigenvalue weighted by atomic mass is 9.79. The molecule has 0 bridgehead atoms. The van der Waals surface area contributed by atoms with Crippen molar-refractivity contribution in [2.75, 3.05) is 19.0 Å². The van der Waals surface area contributed by atoms with Gasteiger partial charge < -0.3 is 19.4 Å². The largest absolute Gasteiger partial charge is 0.494 e. The highest BCUT2D eigenvalue weighted by atomic mass is 35.5. The smallest absolute Gasteiger partial charge is 0.422 e. The molecule has 38 heavy (non-hydrogen) atoms. The highest BCUT2D eigenvalue weighted by Gasteiger charge is 2.37. The summed E-state index contributed by atoms with van der Waals surface area (Å²) in [6.07, 6.45) is 6.64. The summed E-state index contributed by atoms with van der Waals surface area (Å²) in [5.74, 6) is 7.99. The molecule has 1 atom stereocenters. The van der Waals surface area contributed by atoms with Crippen LogP contribution in [0.25, 0.3) is 5.69 Å². The molecule has 2 aliphatic rings. The number of ether oxygens (including phenoxy) is 2. The zero-order chi connectivity index (χ0) is 26.8. The summed E-state index contributed by atoms with van der Waals surface area (Å²) in [5, 5.41) is 8.31. The number of halogens is 4. The van der Waals surface area contributed by atoms with Gasteiger partial charge in [-0.05, 0) is 43.9 Å². The number of imidazole rings is 1. The van der Waals surface area contributed by atoms with Crippen molar-refractivity contribution in [3.8, 4) is 23.3 Å². The van der Waals surface area contributed by atoms with Gasteiger partial charge in [0.05, 0.1) is 18.2 Å². The summed E-state index contributed by atoms with van der Waals surface area (Å²) in [4.78, 5) is 8.86. The van der Waals surface area contributed by atoms with Gasteiger partial charge in [-0.1, -0.05) is 29.5 Å². The number of alkyl halides is 3. The lowest BCUT2D eigenvalue weighted by Crippen LogP contribution is -2.27. The van der Waals surface area contributed by atoms with Gasteiger partial charge in [-0.3, -0.25) is 0 Å². The molecule has 2 aromatic heterocycles. The molecule has 0 saturated carbocycles. The van der Waals surface area contributed by atoms with Crippen LogP contribution < -0.4 is 10.1 Å². The first-order valence-corrected chi connectivity index (χ1v) is 12.3. The van der Waals surface area contributed by atoms with Crippen molar-refractivity contribution < 1.29 is 22.6 Å². The number of methoxy groups -OCH3 is 1. The number of benzene rings is 1. The predicted octanol–water partition coefficient (Wildman–Crippen LogP) is 5.72. The molecule has 1 N–H and O–H groups in total. The van der Waals surface area contributed by atoms with Gasteiger partial charge in [-0.2, -0.15) is 18.2 Å². The molecule has 1 aliphatic carbocycles. The Bertz CT molecular complexity index is 1450. The highest BCUT2D eigenvalue weighted by molar-refractivity contribution is 6.29. The van der Waals surface area contributed by atoms with E-state index < -0.39 is 18.2 Å². The molecular weight excluding hydrogens is 521 g/mol. The van der Waals surface area contributed by atoms with Gasteiger partial charge in [-0.25, -0.2) is 9.67 Å². The van der Waals surface area contributed by atoms with Gasteiger partial charge in [0.2, 0.25) is 5.95 Å². The van der Waals surface area contributed by atoms with E-state index in [2.05, 4.69) is 27.2 Å². The zero-order valence-corrected chi connectivity index (χ0v) is 21.2. The van der Waals surface area contributed by atoms with Crippen LogP contribution in [0.3, 0.4) is 0 Å². The van der Waals surface area contributed by atoms with E-state index in [1.54, 1.807) is 30.3 Å². The molecule has 0 amide bonds. The van der Waals surface area contributed by atoms with Crippen molar-refractivity contribution in [3.63, 3.8) is 0 Å². The van der Waals surface area contributed by atoms with Crippen LogP contribution >= 0.6 is 11.6 Å². The van der Waals surface area contributed by atoms with Gasteiger partial charge in [0.15, 0.2) is 6.61 Å². The van der Waals surface area contributed by atoms with Crippen molar-refractivity contribution in [1.82, 2.24) is 24.3 Å². The maximum atomic E-state index is 12.5. The Labute approximate surface area is 222 Å². The molecule has 0 saturated heterocycles. The van der Waals surface area contributed by atoms with Crippen LogP contribution in [0, 0.1) is 11.8 Å². The minimum atomic E-state index is -4.41. The van der Waals surface area contributed by atoms with Gasteiger partial charge in [-0.15, -0.1) is 5.10 Å². The van der Waals surface area contributed by atoms with Crippen LogP contribution in [0.4, 0.5) is 24.8 Å². The fraction of sp³-hybridized carbons (Fsp3) is 0.346. The Morgan fingerprint density at radius 2 is 2.13 bits per heavy atom. The second kappa shape index (κ2) is 10.5. The predicted molar refractivity (Wildman–Crippen MR) is 136 cm³/mol. The van der Waals surface area contributed by atoms with Crippen LogP contribution in [0.15, 0.2) is 54.7 Å². The summed E-state index contributed by atoms with van der Waals surface area (Å²) in [6, 6.07) is 5.58. The van der Waals surface area contributed by atoms with E-state index in [1.807, 2.05) is 22.9 Å². The molecule has 1 aromatic carbocycles. The summed E-state index contributed by atoms with van der Waals surface area (Å²) in [5.41, 5.74) is 0.881. The van der Waals surface area contributed by atoms with Crippen LogP contribution in [0.2, 0.25) is 5.15 Å². The van der Waals surface area contributed by atoms with Gasteiger partial charge in [0.25, 0.3) is 0 Å². The SMILES string of the molecule is COc1cc(Nc2nc3n(n2)CCCCC32C#CC=C(OCC(F)(F)F)C=CC2)ccc1-n1cnc(Cl)c1. The number of hydrogen-bond donors (Lipinski definition) is 1. The number of anilines is 2. The number of fused-ring (bicyclic) bond motifs is 2. The number of nitrogens with zero attached hydrogens (tertiary/aromatic N) is 5. The molecule has 8 nitrogen and oxygen atoms in total. The third-order valence-corrected chi connectivity index (χ3v) is 6.46. The first-order chi connectivity index (χ1) is 18.2. The van der Waals surface area contributed by atoms with Crippen LogP contribution in [-0.2, 0) is 16.7 Å². The van der Waals surface area contributed by atoms with Gasteiger partial charge in [0.1, 0.15) is 28.8 Å². The van der Waals surface area contributed by atoms with Crippen molar-refractivity contribution in [2.24, 2.45) is 0 Å². The Morgan fingerprint density at radius 3 is 2.89 bits per heavy atom. The molecular formula is C26H24ClF3N6O2. The van der Waals surface area contributed by atoms with E-state index in [-0.39, 0.29) is 5.76 Å². The molecule has 1 unspecified atom stereocenters. The quantitative estimate of drug-likeness (QED) is 0.400. The first kappa shape index (κ1) is 25.7. The van der Waals surface area contributed by atoms with Gasteiger partial charge in [0, 0.05) is 30.6 Å². The third kappa shape index (κ3) is 5.65. The summed E-state index contributed by atoms with van der Waals surface area (Å²) in [7, 11) is 1.58. The average Bonchev–Trinajstić information content (AvgIpc) is 3.44. The minimum absolute atomic E-state index is 0.0810. The minimum Gasteiger partial charge on any atom is -0.494 e. The molecule has 0 fully saturated rings. The highest BCUT2D eigenvalue weighted by Crippen LogP contribution is 2.37. The Hall–Kier alpha value is -3.91. The molecule has 1 aliphatic heterocycles. The molecule has 5 rings (SSSR count). The zero-order valence-electron chi connectivity index (χ0n) is 20.4. The van der Waals surface area contributed by atoms with E-state index in [4.69, 9.17) is 26.1 Å².